The summed E-state index contributed by atoms with van der Waals surface area (Å²) in [6.45, 7) is 1.72. The van der Waals surface area contributed by atoms with Crippen LogP contribution in [0.5, 0.6) is 0 Å². The van der Waals surface area contributed by atoms with E-state index < -0.39 is 6.09 Å². The summed E-state index contributed by atoms with van der Waals surface area (Å²) in [7, 11) is 0. The van der Waals surface area contributed by atoms with E-state index in [9.17, 15) is 14.7 Å². The standard InChI is InChI=1S/C9H16N2O3/c10-8(12)4-3-7-11(9(13)14)5-1-2-6-11/h1-7H2,(H2-,10,12,13,14). The van der Waals surface area contributed by atoms with Gasteiger partial charge in [0.1, 0.15) is 0 Å². The predicted octanol–water partition coefficient (Wildman–Crippen LogP) is -0.794. The molecule has 2 amide bonds. The average molecular weight is 200 g/mol. The van der Waals surface area contributed by atoms with E-state index in [1.165, 1.54) is 0 Å². The van der Waals surface area contributed by atoms with Gasteiger partial charge in [-0.1, -0.05) is 0 Å². The van der Waals surface area contributed by atoms with Gasteiger partial charge >= 0.3 is 0 Å². The molecule has 0 radical (unpaired) electrons. The molecule has 1 aliphatic heterocycles. The van der Waals surface area contributed by atoms with E-state index in [1.807, 2.05) is 0 Å². The molecule has 0 aromatic heterocycles. The molecule has 0 aromatic rings. The van der Waals surface area contributed by atoms with Gasteiger partial charge in [0, 0.05) is 25.7 Å². The molecule has 1 heterocycles. The molecule has 0 aliphatic carbocycles. The molecule has 1 fully saturated rings. The highest BCUT2D eigenvalue weighted by atomic mass is 16.4. The summed E-state index contributed by atoms with van der Waals surface area (Å²) >= 11 is 0. The van der Waals surface area contributed by atoms with Crippen LogP contribution in [0.3, 0.4) is 0 Å². The van der Waals surface area contributed by atoms with E-state index in [0.29, 0.717) is 26.1 Å². The summed E-state index contributed by atoms with van der Waals surface area (Å²) in [4.78, 5) is 21.4. The first-order valence-electron chi connectivity index (χ1n) is 4.93. The van der Waals surface area contributed by atoms with Crippen LogP contribution in [0.2, 0.25) is 0 Å². The number of hydrogen-bond acceptors (Lipinski definition) is 3. The number of carbonyl (C=O) groups is 2. The predicted molar refractivity (Wildman–Crippen MR) is 47.9 cm³/mol. The number of primary amides is 1. The monoisotopic (exact) mass is 200 g/mol. The van der Waals surface area contributed by atoms with Crippen LogP contribution in [0, 0.1) is 0 Å². The molecule has 5 heteroatoms. The van der Waals surface area contributed by atoms with E-state index in [2.05, 4.69) is 0 Å². The normalized spacial score (nSPS) is 19.4. The quantitative estimate of drug-likeness (QED) is 0.603. The van der Waals surface area contributed by atoms with Crippen LogP contribution in [0.1, 0.15) is 25.7 Å². The van der Waals surface area contributed by atoms with E-state index in [1.54, 1.807) is 0 Å². The maximum absolute atomic E-state index is 10.9. The molecule has 80 valence electrons. The van der Waals surface area contributed by atoms with Crippen molar-refractivity contribution in [2.45, 2.75) is 25.7 Å². The Morgan fingerprint density at radius 1 is 1.29 bits per heavy atom. The van der Waals surface area contributed by atoms with Gasteiger partial charge in [-0.05, 0) is 0 Å². The molecule has 0 atom stereocenters. The van der Waals surface area contributed by atoms with Crippen molar-refractivity contribution in [3.8, 4) is 0 Å². The number of rotatable bonds is 4. The SMILES string of the molecule is NC(=O)CCC[N+]1(C(=O)[O-])CCCC1. The van der Waals surface area contributed by atoms with E-state index in [-0.39, 0.29) is 16.8 Å². The van der Waals surface area contributed by atoms with Gasteiger partial charge in [0.15, 0.2) is 0 Å². The van der Waals surface area contributed by atoms with Crippen molar-refractivity contribution >= 4 is 12.0 Å². The van der Waals surface area contributed by atoms with Crippen LogP contribution in [0.15, 0.2) is 0 Å². The fourth-order valence-corrected chi connectivity index (χ4v) is 1.99. The molecule has 0 saturated carbocycles. The molecule has 0 unspecified atom stereocenters. The summed E-state index contributed by atoms with van der Waals surface area (Å²) in [6.07, 6.45) is 1.61. The number of carbonyl (C=O) groups excluding carboxylic acids is 2. The van der Waals surface area contributed by atoms with E-state index in [0.717, 1.165) is 12.8 Å². The molecule has 0 aromatic carbocycles. The van der Waals surface area contributed by atoms with Crippen LogP contribution in [0.25, 0.3) is 0 Å². The smallest absolute Gasteiger partial charge is 0.257 e. The number of carboxylic acid groups (broad SMARTS) is 1. The van der Waals surface area contributed by atoms with Gasteiger partial charge in [-0.3, -0.25) is 9.28 Å². The fourth-order valence-electron chi connectivity index (χ4n) is 1.99. The van der Waals surface area contributed by atoms with Gasteiger partial charge in [-0.2, -0.15) is 0 Å². The van der Waals surface area contributed by atoms with Gasteiger partial charge in [0.05, 0.1) is 19.6 Å². The van der Waals surface area contributed by atoms with Crippen LogP contribution < -0.4 is 10.8 Å². The molecule has 2 N–H and O–H groups in total. The van der Waals surface area contributed by atoms with Crippen molar-refractivity contribution < 1.29 is 19.2 Å². The summed E-state index contributed by atoms with van der Waals surface area (Å²) in [6, 6.07) is 0. The molecule has 0 spiro atoms. The summed E-state index contributed by atoms with van der Waals surface area (Å²) in [5.41, 5.74) is 4.99. The van der Waals surface area contributed by atoms with Crippen molar-refractivity contribution in [3.63, 3.8) is 0 Å². The number of nitrogens with zero attached hydrogens (tertiary/aromatic N) is 1. The van der Waals surface area contributed by atoms with Gasteiger partial charge in [0.25, 0.3) is 6.09 Å². The minimum absolute atomic E-state index is 0.00722. The van der Waals surface area contributed by atoms with Gasteiger partial charge < -0.3 is 15.6 Å². The van der Waals surface area contributed by atoms with Crippen molar-refractivity contribution in [1.82, 2.24) is 0 Å². The van der Waals surface area contributed by atoms with Crippen molar-refractivity contribution in [1.29, 1.82) is 0 Å². The Hall–Kier alpha value is -1.10. The summed E-state index contributed by atoms with van der Waals surface area (Å²) in [5.74, 6) is -0.374. The van der Waals surface area contributed by atoms with Crippen LogP contribution >= 0.6 is 0 Å². The first-order valence-corrected chi connectivity index (χ1v) is 4.93. The molecule has 1 rings (SSSR count). The van der Waals surface area contributed by atoms with E-state index >= 15 is 0 Å². The maximum Gasteiger partial charge on any atom is 0.257 e. The van der Waals surface area contributed by atoms with E-state index in [4.69, 9.17) is 5.73 Å². The van der Waals surface area contributed by atoms with Crippen LogP contribution in [-0.4, -0.2) is 36.1 Å². The first kappa shape index (κ1) is 11.0. The Kier molecular flexibility index (Phi) is 3.46. The van der Waals surface area contributed by atoms with Gasteiger partial charge in [0.2, 0.25) is 5.91 Å². The Morgan fingerprint density at radius 2 is 1.86 bits per heavy atom. The second-order valence-electron chi connectivity index (χ2n) is 3.86. The zero-order valence-corrected chi connectivity index (χ0v) is 8.20. The average Bonchev–Trinajstić information content (AvgIpc) is 2.53. The maximum atomic E-state index is 10.9. The molecular weight excluding hydrogens is 184 g/mol. The third-order valence-electron chi connectivity index (χ3n) is 2.82. The lowest BCUT2D eigenvalue weighted by atomic mass is 10.2. The zero-order chi connectivity index (χ0) is 10.6. The molecular formula is C9H16N2O3. The zero-order valence-electron chi connectivity index (χ0n) is 8.20. The summed E-state index contributed by atoms with van der Waals surface area (Å²) in [5, 5.41) is 10.9. The largest absolute Gasteiger partial charge is 0.498 e. The second kappa shape index (κ2) is 4.41. The number of likely N-dealkylation sites (tertiary alicyclic amines) is 1. The second-order valence-corrected chi connectivity index (χ2v) is 3.86. The Balaban J connectivity index is 2.44. The lowest BCUT2D eigenvalue weighted by Crippen LogP contribution is -2.57. The van der Waals surface area contributed by atoms with Gasteiger partial charge in [-0.15, -0.1) is 0 Å². The highest BCUT2D eigenvalue weighted by Gasteiger charge is 2.33. The number of quaternary nitrogens is 1. The third kappa shape index (κ3) is 2.45. The molecule has 14 heavy (non-hydrogen) atoms. The third-order valence-corrected chi connectivity index (χ3v) is 2.82. The van der Waals surface area contributed by atoms with Crippen LogP contribution in [-0.2, 0) is 4.79 Å². The Bertz CT molecular complexity index is 234. The molecule has 5 nitrogen and oxygen atoms in total. The minimum Gasteiger partial charge on any atom is -0.498 e. The van der Waals surface area contributed by atoms with Gasteiger partial charge in [-0.25, -0.2) is 0 Å². The molecule has 1 saturated heterocycles. The summed E-state index contributed by atoms with van der Waals surface area (Å²) < 4.78 is 0.00722. The number of nitrogens with two attached hydrogens (primary N) is 1. The lowest BCUT2D eigenvalue weighted by molar-refractivity contribution is -0.864. The highest BCUT2D eigenvalue weighted by Crippen LogP contribution is 2.19. The molecule has 0 bridgehead atoms. The number of hydrogen-bond donors (Lipinski definition) is 1. The first-order chi connectivity index (χ1) is 6.57. The highest BCUT2D eigenvalue weighted by molar-refractivity contribution is 5.73. The van der Waals surface area contributed by atoms with Crippen LogP contribution in [0.4, 0.5) is 4.79 Å². The number of amides is 2. The van der Waals surface area contributed by atoms with Crippen molar-refractivity contribution in [2.75, 3.05) is 19.6 Å². The topological polar surface area (TPSA) is 83.2 Å². The van der Waals surface area contributed by atoms with Crippen molar-refractivity contribution in [2.24, 2.45) is 5.73 Å². The Labute approximate surface area is 83.1 Å². The van der Waals surface area contributed by atoms with Crippen molar-refractivity contribution in [3.05, 3.63) is 0 Å². The minimum atomic E-state index is -1.02. The lowest BCUT2D eigenvalue weighted by Gasteiger charge is -2.33. The Morgan fingerprint density at radius 3 is 2.29 bits per heavy atom. The fraction of sp³-hybridized carbons (Fsp3) is 0.778. The molecule has 1 aliphatic rings.